The van der Waals surface area contributed by atoms with E-state index in [-0.39, 0.29) is 0 Å². The van der Waals surface area contributed by atoms with Gasteiger partial charge in [0.25, 0.3) is 0 Å². The molecule has 0 fully saturated rings. The zero-order valence-corrected chi connectivity index (χ0v) is 6.89. The fourth-order valence-electron chi connectivity index (χ4n) is 0.934. The zero-order valence-electron chi connectivity index (χ0n) is 6.89. The lowest BCUT2D eigenvalue weighted by molar-refractivity contribution is 0.616. The smallest absolute Gasteiger partial charge is 0.106 e. The number of hydrogen-bond acceptors (Lipinski definition) is 2. The minimum atomic E-state index is 0.966. The molecule has 54 valence electrons. The van der Waals surface area contributed by atoms with Crippen LogP contribution in [0.5, 0.6) is 0 Å². The molecule has 0 amide bonds. The summed E-state index contributed by atoms with van der Waals surface area (Å²) in [5.41, 5.74) is 5.23. The molecule has 2 nitrogen and oxygen atoms in total. The first kappa shape index (κ1) is 7.10. The van der Waals surface area contributed by atoms with E-state index in [9.17, 15) is 0 Å². The third-order valence-corrected chi connectivity index (χ3v) is 1.68. The summed E-state index contributed by atoms with van der Waals surface area (Å²) in [7, 11) is 1.99. The average Bonchev–Trinajstić information content (AvgIpc) is 1.82. The van der Waals surface area contributed by atoms with E-state index < -0.39 is 0 Å². The van der Waals surface area contributed by atoms with Crippen molar-refractivity contribution in [2.24, 2.45) is 4.99 Å². The normalized spacial score (nSPS) is 18.0. The molecule has 1 rings (SSSR count). The molecular formula is C8H12N2. The second-order valence-corrected chi connectivity index (χ2v) is 2.51. The molecule has 10 heavy (non-hydrogen) atoms. The van der Waals surface area contributed by atoms with Gasteiger partial charge in [-0.25, -0.2) is 4.99 Å². The predicted molar refractivity (Wildman–Crippen MR) is 42.8 cm³/mol. The SMILES string of the molecule is CC1=C=C(C)N(C)C(C)=N1. The van der Waals surface area contributed by atoms with Crippen LogP contribution in [-0.2, 0) is 0 Å². The first-order chi connectivity index (χ1) is 4.61. The van der Waals surface area contributed by atoms with Crippen molar-refractivity contribution < 1.29 is 0 Å². The maximum atomic E-state index is 4.24. The summed E-state index contributed by atoms with van der Waals surface area (Å²) >= 11 is 0. The Labute approximate surface area is 61.6 Å². The Kier molecular flexibility index (Phi) is 1.64. The van der Waals surface area contributed by atoms with Crippen molar-refractivity contribution in [3.8, 4) is 0 Å². The molecule has 1 aliphatic heterocycles. The van der Waals surface area contributed by atoms with E-state index >= 15 is 0 Å². The number of allylic oxidation sites excluding steroid dienone is 1. The van der Waals surface area contributed by atoms with E-state index in [0.29, 0.717) is 0 Å². The van der Waals surface area contributed by atoms with Gasteiger partial charge in [-0.15, -0.1) is 0 Å². The van der Waals surface area contributed by atoms with Crippen molar-refractivity contribution in [1.29, 1.82) is 0 Å². The van der Waals surface area contributed by atoms with E-state index in [0.717, 1.165) is 17.2 Å². The molecule has 0 atom stereocenters. The summed E-state index contributed by atoms with van der Waals surface area (Å²) in [4.78, 5) is 6.26. The maximum Gasteiger partial charge on any atom is 0.106 e. The first-order valence-electron chi connectivity index (χ1n) is 3.34. The lowest BCUT2D eigenvalue weighted by Gasteiger charge is -2.20. The van der Waals surface area contributed by atoms with Gasteiger partial charge in [0.05, 0.1) is 11.4 Å². The second kappa shape index (κ2) is 2.31. The molecule has 0 saturated heterocycles. The van der Waals surface area contributed by atoms with Gasteiger partial charge in [0.2, 0.25) is 0 Å². The van der Waals surface area contributed by atoms with Crippen LogP contribution in [-0.4, -0.2) is 17.8 Å². The number of aliphatic imine (C=N–C) groups is 1. The lowest BCUT2D eigenvalue weighted by atomic mass is 10.3. The van der Waals surface area contributed by atoms with Crippen molar-refractivity contribution in [1.82, 2.24) is 4.90 Å². The average molecular weight is 136 g/mol. The number of amidine groups is 1. The van der Waals surface area contributed by atoms with Crippen LogP contribution in [0, 0.1) is 0 Å². The quantitative estimate of drug-likeness (QED) is 0.463. The third kappa shape index (κ3) is 1.12. The van der Waals surface area contributed by atoms with Crippen LogP contribution in [0.2, 0.25) is 0 Å². The second-order valence-electron chi connectivity index (χ2n) is 2.51. The predicted octanol–water partition coefficient (Wildman–Crippen LogP) is 1.76. The molecule has 0 N–H and O–H groups in total. The third-order valence-electron chi connectivity index (χ3n) is 1.68. The molecule has 0 aromatic rings. The summed E-state index contributed by atoms with van der Waals surface area (Å²) in [6, 6.07) is 0. The summed E-state index contributed by atoms with van der Waals surface area (Å²) < 4.78 is 0. The molecule has 0 radical (unpaired) electrons. The summed E-state index contributed by atoms with van der Waals surface area (Å²) in [6.07, 6.45) is 0. The van der Waals surface area contributed by atoms with E-state index in [1.807, 2.05) is 32.7 Å². The van der Waals surface area contributed by atoms with Crippen LogP contribution in [0.1, 0.15) is 20.8 Å². The van der Waals surface area contributed by atoms with E-state index in [2.05, 4.69) is 10.7 Å². The van der Waals surface area contributed by atoms with Crippen molar-refractivity contribution >= 4 is 5.84 Å². The molecule has 1 heterocycles. The van der Waals surface area contributed by atoms with Gasteiger partial charge >= 0.3 is 0 Å². The van der Waals surface area contributed by atoms with Crippen molar-refractivity contribution in [2.75, 3.05) is 7.05 Å². The van der Waals surface area contributed by atoms with Gasteiger partial charge in [-0.2, -0.15) is 0 Å². The lowest BCUT2D eigenvalue weighted by Crippen LogP contribution is -2.23. The Bertz CT molecular complexity index is 242. The Morgan fingerprint density at radius 2 is 1.90 bits per heavy atom. The first-order valence-corrected chi connectivity index (χ1v) is 3.34. The molecule has 0 aromatic heterocycles. The largest absolute Gasteiger partial charge is 0.330 e. The van der Waals surface area contributed by atoms with E-state index in [4.69, 9.17) is 0 Å². The molecule has 0 aliphatic carbocycles. The van der Waals surface area contributed by atoms with Gasteiger partial charge in [-0.3, -0.25) is 0 Å². The van der Waals surface area contributed by atoms with Crippen LogP contribution >= 0.6 is 0 Å². The van der Waals surface area contributed by atoms with Gasteiger partial charge in [0.15, 0.2) is 0 Å². The molecule has 0 unspecified atom stereocenters. The highest BCUT2D eigenvalue weighted by Crippen LogP contribution is 2.08. The Balaban J connectivity index is 3.10. The van der Waals surface area contributed by atoms with Crippen molar-refractivity contribution in [3.05, 3.63) is 17.1 Å². The fourth-order valence-corrected chi connectivity index (χ4v) is 0.934. The van der Waals surface area contributed by atoms with Crippen molar-refractivity contribution in [2.45, 2.75) is 20.8 Å². The minimum absolute atomic E-state index is 0.966. The standard InChI is InChI=1S/C8H12N2/c1-6-5-7(2)10(4)8(3)9-6/h1-4H3. The highest BCUT2D eigenvalue weighted by Gasteiger charge is 2.05. The molecule has 0 saturated carbocycles. The molecule has 1 aliphatic rings. The zero-order chi connectivity index (χ0) is 7.72. The highest BCUT2D eigenvalue weighted by atomic mass is 15.2. The van der Waals surface area contributed by atoms with E-state index in [1.54, 1.807) is 0 Å². The molecule has 0 spiro atoms. The summed E-state index contributed by atoms with van der Waals surface area (Å²) in [6.45, 7) is 5.98. The summed E-state index contributed by atoms with van der Waals surface area (Å²) in [5.74, 6) is 1.04. The topological polar surface area (TPSA) is 15.6 Å². The van der Waals surface area contributed by atoms with E-state index in [1.165, 1.54) is 0 Å². The number of rotatable bonds is 0. The van der Waals surface area contributed by atoms with Gasteiger partial charge in [0.1, 0.15) is 5.84 Å². The van der Waals surface area contributed by atoms with Crippen LogP contribution in [0.15, 0.2) is 22.1 Å². The number of nitrogens with zero attached hydrogens (tertiary/aromatic N) is 2. The van der Waals surface area contributed by atoms with Crippen molar-refractivity contribution in [3.63, 3.8) is 0 Å². The van der Waals surface area contributed by atoms with Gasteiger partial charge in [-0.1, -0.05) is 5.73 Å². The van der Waals surface area contributed by atoms with Gasteiger partial charge in [0, 0.05) is 7.05 Å². The minimum Gasteiger partial charge on any atom is -0.330 e. The Morgan fingerprint density at radius 3 is 2.40 bits per heavy atom. The number of hydrogen-bond donors (Lipinski definition) is 0. The highest BCUT2D eigenvalue weighted by molar-refractivity contribution is 5.82. The van der Waals surface area contributed by atoms with Gasteiger partial charge < -0.3 is 4.90 Å². The Hall–Kier alpha value is -1.01. The molecule has 0 aromatic carbocycles. The fraction of sp³-hybridized carbons (Fsp3) is 0.500. The van der Waals surface area contributed by atoms with Crippen LogP contribution in [0.25, 0.3) is 0 Å². The maximum absolute atomic E-state index is 4.24. The molecular weight excluding hydrogens is 124 g/mol. The molecule has 2 heteroatoms. The summed E-state index contributed by atoms with van der Waals surface area (Å²) in [5, 5.41) is 0. The monoisotopic (exact) mass is 136 g/mol. The Morgan fingerprint density at radius 1 is 1.30 bits per heavy atom. The van der Waals surface area contributed by atoms with Crippen LogP contribution < -0.4 is 0 Å². The van der Waals surface area contributed by atoms with Crippen LogP contribution in [0.4, 0.5) is 0 Å². The molecule has 0 bridgehead atoms. The van der Waals surface area contributed by atoms with Crippen LogP contribution in [0.3, 0.4) is 0 Å². The van der Waals surface area contributed by atoms with Gasteiger partial charge in [-0.05, 0) is 20.8 Å².